The van der Waals surface area contributed by atoms with Crippen LogP contribution in [-0.2, 0) is 10.4 Å². The Kier molecular flexibility index (Phi) is 6.15. The number of fused-ring (bicyclic) bond motifs is 1. The van der Waals surface area contributed by atoms with Gasteiger partial charge in [-0.15, -0.1) is 0 Å². The summed E-state index contributed by atoms with van der Waals surface area (Å²) in [6.07, 6.45) is 1.46. The molecule has 0 fully saturated rings. The number of H-pyrrole nitrogens is 2. The van der Waals surface area contributed by atoms with E-state index in [2.05, 4.69) is 20.2 Å². The molecule has 8 nitrogen and oxygen atoms in total. The van der Waals surface area contributed by atoms with Crippen LogP contribution in [0.2, 0.25) is 0 Å². The second kappa shape index (κ2) is 9.34. The lowest BCUT2D eigenvalue weighted by Gasteiger charge is -2.22. The molecule has 0 aliphatic carbocycles. The van der Waals surface area contributed by atoms with Gasteiger partial charge in [0.1, 0.15) is 17.2 Å². The number of benzene rings is 3. The van der Waals surface area contributed by atoms with Gasteiger partial charge in [-0.1, -0.05) is 24.3 Å². The minimum atomic E-state index is -1.73. The maximum absolute atomic E-state index is 14.8. The van der Waals surface area contributed by atoms with Crippen molar-refractivity contribution in [2.45, 2.75) is 25.4 Å². The van der Waals surface area contributed by atoms with Gasteiger partial charge in [0.15, 0.2) is 29.0 Å². The number of aromatic amines is 2. The molecule has 194 valence electrons. The highest BCUT2D eigenvalue weighted by atomic mass is 19.1. The zero-order valence-corrected chi connectivity index (χ0v) is 20.1. The number of aliphatic carboxylic acids is 1. The van der Waals surface area contributed by atoms with E-state index in [1.807, 2.05) is 0 Å². The molecule has 0 saturated carbocycles. The van der Waals surface area contributed by atoms with Crippen molar-refractivity contribution < 1.29 is 32.9 Å². The first-order valence-electron chi connectivity index (χ1n) is 11.5. The summed E-state index contributed by atoms with van der Waals surface area (Å²) in [7, 11) is 0. The van der Waals surface area contributed by atoms with Gasteiger partial charge in [0.25, 0.3) is 0 Å². The topological polar surface area (TPSA) is 124 Å². The number of nitrogens with zero attached hydrogens (tertiary/aromatic N) is 2. The second-order valence-electron chi connectivity index (χ2n) is 8.95. The lowest BCUT2D eigenvalue weighted by molar-refractivity contribution is -0.138. The molecule has 0 radical (unpaired) electrons. The van der Waals surface area contributed by atoms with E-state index < -0.39 is 40.7 Å². The number of ether oxygens (including phenoxy) is 1. The minimum absolute atomic E-state index is 0.0339. The molecule has 0 aliphatic heterocycles. The van der Waals surface area contributed by atoms with Crippen LogP contribution in [0.3, 0.4) is 0 Å². The Balaban J connectivity index is 1.47. The Morgan fingerprint density at radius 1 is 1.08 bits per heavy atom. The van der Waals surface area contributed by atoms with E-state index >= 15 is 0 Å². The number of carbonyl (C=O) groups is 1. The van der Waals surface area contributed by atoms with Crippen molar-refractivity contribution in [3.05, 3.63) is 95.2 Å². The maximum atomic E-state index is 14.8. The molecular weight excluding hydrogens is 501 g/mol. The molecule has 0 saturated heterocycles. The second-order valence-corrected chi connectivity index (χ2v) is 8.95. The number of nitrogens with one attached hydrogen (secondary N) is 2. The van der Waals surface area contributed by atoms with Gasteiger partial charge >= 0.3 is 5.97 Å². The highest BCUT2D eigenvalue weighted by molar-refractivity contribution is 5.82. The fourth-order valence-electron chi connectivity index (χ4n) is 4.05. The predicted octanol–water partition coefficient (Wildman–Crippen LogP) is 5.61. The fraction of sp³-hybridized carbons (Fsp3) is 0.148. The molecule has 0 aliphatic rings. The molecule has 2 unspecified atom stereocenters. The molecule has 11 heteroatoms. The Morgan fingerprint density at radius 3 is 2.63 bits per heavy atom. The van der Waals surface area contributed by atoms with Gasteiger partial charge in [-0.3, -0.25) is 9.89 Å². The molecular formula is C27H21F3N4O4. The number of aliphatic hydroxyl groups is 1. The van der Waals surface area contributed by atoms with Crippen LogP contribution in [0.1, 0.15) is 36.7 Å². The molecule has 0 amide bonds. The maximum Gasteiger partial charge on any atom is 0.310 e. The third-order valence-electron chi connectivity index (χ3n) is 6.37. The van der Waals surface area contributed by atoms with E-state index in [-0.39, 0.29) is 33.9 Å². The van der Waals surface area contributed by atoms with E-state index in [9.17, 15) is 28.2 Å². The first-order chi connectivity index (χ1) is 18.1. The molecule has 2 aromatic heterocycles. The summed E-state index contributed by atoms with van der Waals surface area (Å²) in [6, 6.07) is 12.3. The molecule has 3 aromatic carbocycles. The van der Waals surface area contributed by atoms with E-state index in [4.69, 9.17) is 4.74 Å². The van der Waals surface area contributed by atoms with Crippen molar-refractivity contribution in [3.63, 3.8) is 0 Å². The van der Waals surface area contributed by atoms with Gasteiger partial charge in [0.05, 0.1) is 17.0 Å². The summed E-state index contributed by atoms with van der Waals surface area (Å²) in [4.78, 5) is 18.3. The third kappa shape index (κ3) is 4.37. The monoisotopic (exact) mass is 522 g/mol. The van der Waals surface area contributed by atoms with Crippen molar-refractivity contribution in [3.8, 4) is 22.9 Å². The Morgan fingerprint density at radius 2 is 1.87 bits per heavy atom. The number of hydrogen-bond acceptors (Lipinski definition) is 5. The van der Waals surface area contributed by atoms with E-state index in [1.54, 1.807) is 24.3 Å². The van der Waals surface area contributed by atoms with Crippen molar-refractivity contribution in [2.24, 2.45) is 0 Å². The van der Waals surface area contributed by atoms with Crippen molar-refractivity contribution in [1.29, 1.82) is 0 Å². The number of halogens is 3. The zero-order valence-electron chi connectivity index (χ0n) is 20.1. The van der Waals surface area contributed by atoms with E-state index in [0.29, 0.717) is 11.1 Å². The third-order valence-corrected chi connectivity index (χ3v) is 6.37. The number of rotatable bonds is 7. The SMILES string of the molecule is CC(C(=O)O)c1cccc(C(C)(O)c2nc(-c3cc(Oc4c(F)cc5[nH]ccc5c4F)ccc3F)n[nH]2)c1. The Labute approximate surface area is 213 Å². The predicted molar refractivity (Wildman–Crippen MR) is 131 cm³/mol. The van der Waals surface area contributed by atoms with E-state index in [0.717, 1.165) is 12.1 Å². The summed E-state index contributed by atoms with van der Waals surface area (Å²) < 4.78 is 49.5. The van der Waals surface area contributed by atoms with Gasteiger partial charge in [0, 0.05) is 17.6 Å². The molecule has 4 N–H and O–H groups in total. The number of aromatic nitrogens is 4. The average Bonchev–Trinajstić information content (AvgIpc) is 3.57. The van der Waals surface area contributed by atoms with Gasteiger partial charge in [-0.2, -0.15) is 5.10 Å². The molecule has 2 atom stereocenters. The van der Waals surface area contributed by atoms with Crippen LogP contribution < -0.4 is 4.74 Å². The summed E-state index contributed by atoms with van der Waals surface area (Å²) >= 11 is 0. The van der Waals surface area contributed by atoms with Crippen molar-refractivity contribution in [2.75, 3.05) is 0 Å². The highest BCUT2D eigenvalue weighted by Gasteiger charge is 2.31. The molecule has 0 bridgehead atoms. The standard InChI is InChI=1S/C27H21F3N4O4/c1-13(25(35)36)14-4-3-5-15(10-14)27(2,37)26-32-24(33-34-26)18-11-16(6-7-19(18)28)38-23-20(29)12-21-17(22(23)30)8-9-31-21/h3-13,31,37H,1-2H3,(H,35,36)(H,32,33,34). The summed E-state index contributed by atoms with van der Waals surface area (Å²) in [5.74, 6) is -5.31. The van der Waals surface area contributed by atoms with Gasteiger partial charge in [-0.25, -0.2) is 18.2 Å². The van der Waals surface area contributed by atoms with Crippen molar-refractivity contribution in [1.82, 2.24) is 20.2 Å². The van der Waals surface area contributed by atoms with Crippen LogP contribution in [0, 0.1) is 17.5 Å². The number of carboxylic acid groups (broad SMARTS) is 1. The normalized spacial score (nSPS) is 13.8. The average molecular weight is 522 g/mol. The van der Waals surface area contributed by atoms with Crippen LogP contribution >= 0.6 is 0 Å². The summed E-state index contributed by atoms with van der Waals surface area (Å²) in [5.41, 5.74) is -0.798. The largest absolute Gasteiger partial charge is 0.481 e. The minimum Gasteiger partial charge on any atom is -0.481 e. The molecule has 2 heterocycles. The smallest absolute Gasteiger partial charge is 0.310 e. The van der Waals surface area contributed by atoms with Gasteiger partial charge in [0.2, 0.25) is 0 Å². The molecule has 5 aromatic rings. The van der Waals surface area contributed by atoms with Crippen LogP contribution in [0.5, 0.6) is 11.5 Å². The number of carboxylic acids is 1. The molecule has 5 rings (SSSR count). The Bertz CT molecular complexity index is 1680. The van der Waals surface area contributed by atoms with Crippen LogP contribution in [-0.4, -0.2) is 36.3 Å². The molecule has 0 spiro atoms. The summed E-state index contributed by atoms with van der Waals surface area (Å²) in [5, 5.41) is 27.3. The summed E-state index contributed by atoms with van der Waals surface area (Å²) in [6.45, 7) is 2.95. The van der Waals surface area contributed by atoms with Crippen molar-refractivity contribution >= 4 is 16.9 Å². The quantitative estimate of drug-likeness (QED) is 0.220. The van der Waals surface area contributed by atoms with Crippen LogP contribution in [0.4, 0.5) is 13.2 Å². The number of hydrogen-bond donors (Lipinski definition) is 4. The van der Waals surface area contributed by atoms with Gasteiger partial charge in [-0.05, 0) is 49.2 Å². The van der Waals surface area contributed by atoms with Crippen LogP contribution in [0.25, 0.3) is 22.3 Å². The first kappa shape index (κ1) is 25.0. The van der Waals surface area contributed by atoms with Crippen LogP contribution in [0.15, 0.2) is 60.8 Å². The lowest BCUT2D eigenvalue weighted by Crippen LogP contribution is -2.25. The zero-order chi connectivity index (χ0) is 27.2. The van der Waals surface area contributed by atoms with Gasteiger partial charge < -0.3 is 19.9 Å². The Hall–Kier alpha value is -4.64. The first-order valence-corrected chi connectivity index (χ1v) is 11.5. The fourth-order valence-corrected chi connectivity index (χ4v) is 4.05. The lowest BCUT2D eigenvalue weighted by atomic mass is 9.90. The highest BCUT2D eigenvalue weighted by Crippen LogP contribution is 2.35. The molecule has 38 heavy (non-hydrogen) atoms. The van der Waals surface area contributed by atoms with E-state index in [1.165, 1.54) is 38.2 Å².